The van der Waals surface area contributed by atoms with E-state index in [1.54, 1.807) is 0 Å². The molecule has 4 heteroatoms. The summed E-state index contributed by atoms with van der Waals surface area (Å²) in [5, 5.41) is 2.96. The van der Waals surface area contributed by atoms with Crippen molar-refractivity contribution in [3.63, 3.8) is 0 Å². The first-order valence-corrected chi connectivity index (χ1v) is 9.97. The maximum Gasteiger partial charge on any atom is 0.251 e. The van der Waals surface area contributed by atoms with E-state index in [0.29, 0.717) is 17.6 Å². The number of carbonyl (C=O) groups excluding carboxylic acids is 1. The summed E-state index contributed by atoms with van der Waals surface area (Å²) in [5.41, 5.74) is 5.76. The van der Waals surface area contributed by atoms with Gasteiger partial charge in [-0.05, 0) is 24.6 Å². The number of amides is 1. The van der Waals surface area contributed by atoms with Gasteiger partial charge in [-0.1, -0.05) is 74.0 Å². The molecule has 0 unspecified atom stereocenters. The van der Waals surface area contributed by atoms with Crippen molar-refractivity contribution in [2.45, 2.75) is 19.8 Å². The fourth-order valence-corrected chi connectivity index (χ4v) is 3.27. The molecule has 0 aliphatic heterocycles. The molecule has 0 saturated carbocycles. The Kier molecular flexibility index (Phi) is 5.61. The molecule has 0 atom stereocenters. The molecule has 0 aliphatic rings. The van der Waals surface area contributed by atoms with Crippen LogP contribution >= 0.6 is 0 Å². The fourth-order valence-electron chi connectivity index (χ4n) is 3.27. The second-order valence-electron chi connectivity index (χ2n) is 6.97. The molecule has 0 aliphatic carbocycles. The Morgan fingerprint density at radius 2 is 1.38 bits per heavy atom. The van der Waals surface area contributed by atoms with Crippen molar-refractivity contribution >= 4 is 16.9 Å². The van der Waals surface area contributed by atoms with Crippen molar-refractivity contribution in [2.24, 2.45) is 0 Å². The Morgan fingerprint density at radius 3 is 1.97 bits per heavy atom. The molecule has 29 heavy (non-hydrogen) atoms. The van der Waals surface area contributed by atoms with Crippen LogP contribution in [0.2, 0.25) is 0 Å². The summed E-state index contributed by atoms with van der Waals surface area (Å²) in [5.74, 6) is -0.0736. The molecule has 1 heterocycles. The summed E-state index contributed by atoms with van der Waals surface area (Å²) in [6.07, 6.45) is 2.02. The standard InChI is InChI=1S/C25H23N3O/c1-2-3-16-26-25(29)20-14-15-21-22(17-20)28-24(19-12-8-5-9-13-19)23(27-21)18-10-6-4-7-11-18/h4-15,17H,2-3,16H2,1H3,(H,26,29). The van der Waals surface area contributed by atoms with Crippen molar-refractivity contribution in [3.05, 3.63) is 84.4 Å². The number of unbranched alkanes of at least 4 members (excludes halogenated alkanes) is 1. The summed E-state index contributed by atoms with van der Waals surface area (Å²) in [6, 6.07) is 25.6. The number of rotatable bonds is 6. The van der Waals surface area contributed by atoms with Gasteiger partial charge in [0.15, 0.2) is 0 Å². The third-order valence-corrected chi connectivity index (χ3v) is 4.84. The molecule has 0 bridgehead atoms. The van der Waals surface area contributed by atoms with Crippen molar-refractivity contribution in [1.82, 2.24) is 15.3 Å². The number of aromatic nitrogens is 2. The largest absolute Gasteiger partial charge is 0.352 e. The SMILES string of the molecule is CCCCNC(=O)c1ccc2nc(-c3ccccc3)c(-c3ccccc3)nc2c1. The summed E-state index contributed by atoms with van der Waals surface area (Å²) >= 11 is 0. The molecule has 1 N–H and O–H groups in total. The molecule has 4 nitrogen and oxygen atoms in total. The van der Waals surface area contributed by atoms with Crippen LogP contribution in [0.25, 0.3) is 33.5 Å². The summed E-state index contributed by atoms with van der Waals surface area (Å²) in [7, 11) is 0. The van der Waals surface area contributed by atoms with Gasteiger partial charge in [0.2, 0.25) is 0 Å². The van der Waals surface area contributed by atoms with E-state index >= 15 is 0 Å². The Hall–Kier alpha value is -3.53. The maximum atomic E-state index is 12.4. The quantitative estimate of drug-likeness (QED) is 0.449. The molecule has 144 valence electrons. The van der Waals surface area contributed by atoms with Gasteiger partial charge in [0.05, 0.1) is 22.4 Å². The van der Waals surface area contributed by atoms with Crippen LogP contribution in [0.1, 0.15) is 30.1 Å². The van der Waals surface area contributed by atoms with E-state index in [-0.39, 0.29) is 5.91 Å². The number of carbonyl (C=O) groups is 1. The molecule has 0 saturated heterocycles. The van der Waals surface area contributed by atoms with Gasteiger partial charge in [-0.15, -0.1) is 0 Å². The Labute approximate surface area is 170 Å². The van der Waals surface area contributed by atoms with Crippen LogP contribution in [0, 0.1) is 0 Å². The zero-order valence-electron chi connectivity index (χ0n) is 16.4. The van der Waals surface area contributed by atoms with Gasteiger partial charge in [-0.3, -0.25) is 4.79 Å². The average molecular weight is 381 g/mol. The lowest BCUT2D eigenvalue weighted by Crippen LogP contribution is -2.24. The summed E-state index contributed by atoms with van der Waals surface area (Å²) in [4.78, 5) is 22.3. The topological polar surface area (TPSA) is 54.9 Å². The van der Waals surface area contributed by atoms with E-state index < -0.39 is 0 Å². The minimum atomic E-state index is -0.0736. The predicted octanol–water partition coefficient (Wildman–Crippen LogP) is 5.49. The van der Waals surface area contributed by atoms with Crippen LogP contribution in [-0.4, -0.2) is 22.4 Å². The van der Waals surface area contributed by atoms with E-state index in [1.807, 2.05) is 78.9 Å². The van der Waals surface area contributed by atoms with Crippen molar-refractivity contribution in [2.75, 3.05) is 6.54 Å². The Morgan fingerprint density at radius 1 is 0.793 bits per heavy atom. The van der Waals surface area contributed by atoms with E-state index in [0.717, 1.165) is 40.9 Å². The minimum Gasteiger partial charge on any atom is -0.352 e. The van der Waals surface area contributed by atoms with Crippen LogP contribution in [0.4, 0.5) is 0 Å². The zero-order valence-corrected chi connectivity index (χ0v) is 16.4. The van der Waals surface area contributed by atoms with Gasteiger partial charge < -0.3 is 5.32 Å². The van der Waals surface area contributed by atoms with E-state index in [1.165, 1.54) is 0 Å². The smallest absolute Gasteiger partial charge is 0.251 e. The minimum absolute atomic E-state index is 0.0736. The van der Waals surface area contributed by atoms with Crippen LogP contribution in [0.5, 0.6) is 0 Å². The van der Waals surface area contributed by atoms with Gasteiger partial charge in [0.25, 0.3) is 5.91 Å². The second kappa shape index (κ2) is 8.65. The van der Waals surface area contributed by atoms with Crippen molar-refractivity contribution in [1.29, 1.82) is 0 Å². The van der Waals surface area contributed by atoms with E-state index in [4.69, 9.17) is 9.97 Å². The number of hydrogen-bond acceptors (Lipinski definition) is 3. The van der Waals surface area contributed by atoms with E-state index in [9.17, 15) is 4.79 Å². The number of hydrogen-bond donors (Lipinski definition) is 1. The van der Waals surface area contributed by atoms with Gasteiger partial charge in [-0.25, -0.2) is 9.97 Å². The zero-order chi connectivity index (χ0) is 20.1. The first-order valence-electron chi connectivity index (χ1n) is 9.97. The highest BCUT2D eigenvalue weighted by Gasteiger charge is 2.14. The maximum absolute atomic E-state index is 12.4. The van der Waals surface area contributed by atoms with Gasteiger partial charge >= 0.3 is 0 Å². The van der Waals surface area contributed by atoms with Gasteiger partial charge in [0, 0.05) is 23.2 Å². The van der Waals surface area contributed by atoms with E-state index in [2.05, 4.69) is 12.2 Å². The fraction of sp³-hybridized carbons (Fsp3) is 0.160. The van der Waals surface area contributed by atoms with Gasteiger partial charge in [-0.2, -0.15) is 0 Å². The molecule has 3 aromatic carbocycles. The first kappa shape index (κ1) is 18.8. The average Bonchev–Trinajstić information content (AvgIpc) is 2.79. The van der Waals surface area contributed by atoms with Crippen LogP contribution in [0.3, 0.4) is 0 Å². The molecule has 1 aromatic heterocycles. The lowest BCUT2D eigenvalue weighted by Gasteiger charge is -2.11. The molecule has 0 spiro atoms. The van der Waals surface area contributed by atoms with Gasteiger partial charge in [0.1, 0.15) is 0 Å². The number of nitrogens with one attached hydrogen (secondary N) is 1. The molecule has 1 amide bonds. The normalized spacial score (nSPS) is 10.8. The Balaban J connectivity index is 1.82. The molecule has 4 aromatic rings. The van der Waals surface area contributed by atoms with Crippen molar-refractivity contribution < 1.29 is 4.79 Å². The first-order chi connectivity index (χ1) is 14.3. The highest BCUT2D eigenvalue weighted by Crippen LogP contribution is 2.31. The number of nitrogens with zero attached hydrogens (tertiary/aromatic N) is 2. The number of fused-ring (bicyclic) bond motifs is 1. The predicted molar refractivity (Wildman–Crippen MR) is 118 cm³/mol. The third kappa shape index (κ3) is 4.16. The molecule has 0 radical (unpaired) electrons. The van der Waals surface area contributed by atoms with Crippen LogP contribution in [0.15, 0.2) is 78.9 Å². The van der Waals surface area contributed by atoms with Crippen LogP contribution < -0.4 is 5.32 Å². The monoisotopic (exact) mass is 381 g/mol. The highest BCUT2D eigenvalue weighted by atomic mass is 16.1. The summed E-state index contributed by atoms with van der Waals surface area (Å²) < 4.78 is 0. The molecule has 0 fully saturated rings. The highest BCUT2D eigenvalue weighted by molar-refractivity contribution is 5.98. The lowest BCUT2D eigenvalue weighted by atomic mass is 10.0. The van der Waals surface area contributed by atoms with Crippen molar-refractivity contribution in [3.8, 4) is 22.5 Å². The Bertz CT molecular complexity index is 1120. The molecular weight excluding hydrogens is 358 g/mol. The summed E-state index contributed by atoms with van der Waals surface area (Å²) in [6.45, 7) is 2.79. The lowest BCUT2D eigenvalue weighted by molar-refractivity contribution is 0.0953. The molecule has 4 rings (SSSR count). The molecular formula is C25H23N3O. The third-order valence-electron chi connectivity index (χ3n) is 4.84. The second-order valence-corrected chi connectivity index (χ2v) is 6.97. The van der Waals surface area contributed by atoms with Crippen LogP contribution in [-0.2, 0) is 0 Å². The number of benzene rings is 3.